The zero-order valence-corrected chi connectivity index (χ0v) is 26.5. The van der Waals surface area contributed by atoms with Crippen molar-refractivity contribution >= 4 is 22.8 Å². The van der Waals surface area contributed by atoms with Crippen molar-refractivity contribution in [2.45, 2.75) is 74.1 Å². The molecule has 0 unspecified atom stereocenters. The molecule has 0 amide bonds. The number of aryl methyl sites for hydroxylation is 5. The number of hydrogen-bond acceptors (Lipinski definition) is 3. The van der Waals surface area contributed by atoms with E-state index in [2.05, 4.69) is 97.0 Å². The van der Waals surface area contributed by atoms with E-state index >= 15 is 0 Å². The SMILES string of the molecule is CCc1cccc(CC)c1N=C(C)c1cc(C)cc(C(C)=Nc2c(CC)cccc2CC)n1.[Cl-].[Cl-].[Cl-].[V+3]. The number of pyridine rings is 1. The molecule has 0 spiro atoms. The number of benzene rings is 2. The van der Waals surface area contributed by atoms with E-state index in [0.29, 0.717) is 0 Å². The Hall–Kier alpha value is -1.62. The zero-order valence-electron chi connectivity index (χ0n) is 22.9. The predicted octanol–water partition coefficient (Wildman–Crippen LogP) is -1.07. The molecular weight excluding hydrogens is 560 g/mol. The van der Waals surface area contributed by atoms with Gasteiger partial charge < -0.3 is 37.2 Å². The van der Waals surface area contributed by atoms with Crippen molar-refractivity contribution in [3.05, 3.63) is 87.7 Å². The fraction of sp³-hybridized carbons (Fsp3) is 0.367. The van der Waals surface area contributed by atoms with Gasteiger partial charge in [-0.25, -0.2) is 4.98 Å². The monoisotopic (exact) mass is 595 g/mol. The average molecular weight is 597 g/mol. The van der Waals surface area contributed by atoms with Crippen molar-refractivity contribution < 1.29 is 55.8 Å². The maximum absolute atomic E-state index is 5.07. The maximum Gasteiger partial charge on any atom is 3.00 e. The Balaban J connectivity index is 0. The van der Waals surface area contributed by atoms with Crippen LogP contribution in [0.3, 0.4) is 0 Å². The second-order valence-electron chi connectivity index (χ2n) is 8.57. The molecule has 0 bridgehead atoms. The molecule has 3 nitrogen and oxygen atoms in total. The van der Waals surface area contributed by atoms with Crippen LogP contribution in [-0.4, -0.2) is 16.4 Å². The minimum Gasteiger partial charge on any atom is -1.00 e. The van der Waals surface area contributed by atoms with Crippen molar-refractivity contribution in [2.24, 2.45) is 9.98 Å². The van der Waals surface area contributed by atoms with Gasteiger partial charge in [0.2, 0.25) is 0 Å². The molecule has 0 atom stereocenters. The fourth-order valence-corrected chi connectivity index (χ4v) is 4.21. The van der Waals surface area contributed by atoms with Crippen LogP contribution in [0.1, 0.15) is 80.7 Å². The minimum atomic E-state index is 0. The number of nitrogens with zero attached hydrogens (tertiary/aromatic N) is 3. The van der Waals surface area contributed by atoms with E-state index in [9.17, 15) is 0 Å². The summed E-state index contributed by atoms with van der Waals surface area (Å²) in [6.45, 7) is 15.0. The molecule has 0 aliphatic rings. The Kier molecular flexibility index (Phi) is 18.1. The zero-order chi connectivity index (χ0) is 24.0. The Labute approximate surface area is 254 Å². The Morgan fingerprint density at radius 3 is 1.19 bits per heavy atom. The number of aliphatic imine (C=N–C) groups is 2. The third kappa shape index (κ3) is 9.27. The molecule has 0 saturated heterocycles. The van der Waals surface area contributed by atoms with Crippen molar-refractivity contribution in [1.29, 1.82) is 0 Å². The Morgan fingerprint density at radius 2 is 0.919 bits per heavy atom. The van der Waals surface area contributed by atoms with Gasteiger partial charge in [-0.1, -0.05) is 64.1 Å². The van der Waals surface area contributed by atoms with E-state index in [-0.39, 0.29) is 55.8 Å². The molecule has 198 valence electrons. The summed E-state index contributed by atoms with van der Waals surface area (Å²) in [6, 6.07) is 17.2. The first-order valence-electron chi connectivity index (χ1n) is 12.2. The molecule has 3 aromatic rings. The maximum atomic E-state index is 5.07. The normalized spacial score (nSPS) is 11.0. The fourth-order valence-electron chi connectivity index (χ4n) is 4.21. The molecule has 0 aliphatic carbocycles. The van der Waals surface area contributed by atoms with Crippen molar-refractivity contribution in [1.82, 2.24) is 4.98 Å². The Bertz CT molecular complexity index is 1070. The van der Waals surface area contributed by atoms with Gasteiger partial charge in [-0.3, -0.25) is 9.98 Å². The molecule has 37 heavy (non-hydrogen) atoms. The summed E-state index contributed by atoms with van der Waals surface area (Å²) in [5.74, 6) is 0. The second-order valence-corrected chi connectivity index (χ2v) is 8.57. The molecule has 2 aromatic carbocycles. The molecule has 0 saturated carbocycles. The molecule has 0 aliphatic heterocycles. The van der Waals surface area contributed by atoms with Crippen LogP contribution in [0.2, 0.25) is 0 Å². The van der Waals surface area contributed by atoms with Crippen LogP contribution in [-0.2, 0) is 44.2 Å². The van der Waals surface area contributed by atoms with Crippen molar-refractivity contribution in [3.63, 3.8) is 0 Å². The summed E-state index contributed by atoms with van der Waals surface area (Å²) in [6.07, 6.45) is 3.87. The van der Waals surface area contributed by atoms with Crippen LogP contribution in [0.4, 0.5) is 11.4 Å². The van der Waals surface area contributed by atoms with E-state index < -0.39 is 0 Å². The number of aromatic nitrogens is 1. The van der Waals surface area contributed by atoms with Gasteiger partial charge in [-0.05, 0) is 86.4 Å². The van der Waals surface area contributed by atoms with Crippen LogP contribution in [0.15, 0.2) is 58.5 Å². The summed E-state index contributed by atoms with van der Waals surface area (Å²) < 4.78 is 0. The van der Waals surface area contributed by atoms with Crippen LogP contribution >= 0.6 is 0 Å². The van der Waals surface area contributed by atoms with E-state index in [1.54, 1.807) is 0 Å². The first-order valence-corrected chi connectivity index (χ1v) is 12.2. The number of halogens is 3. The van der Waals surface area contributed by atoms with Crippen LogP contribution in [0.5, 0.6) is 0 Å². The third-order valence-electron chi connectivity index (χ3n) is 6.20. The van der Waals surface area contributed by atoms with Crippen LogP contribution in [0, 0.1) is 6.92 Å². The summed E-state index contributed by atoms with van der Waals surface area (Å²) >= 11 is 0. The predicted molar refractivity (Wildman–Crippen MR) is 143 cm³/mol. The second kappa shape index (κ2) is 17.8. The minimum absolute atomic E-state index is 0. The largest absolute Gasteiger partial charge is 3.00 e. The van der Waals surface area contributed by atoms with E-state index in [4.69, 9.17) is 15.0 Å². The van der Waals surface area contributed by atoms with Crippen molar-refractivity contribution in [2.75, 3.05) is 0 Å². The number of hydrogen-bond donors (Lipinski definition) is 0. The van der Waals surface area contributed by atoms with Crippen molar-refractivity contribution in [3.8, 4) is 0 Å². The first kappa shape index (κ1) is 37.5. The molecule has 0 N–H and O–H groups in total. The van der Waals surface area contributed by atoms with Gasteiger partial charge in [0.25, 0.3) is 0 Å². The van der Waals surface area contributed by atoms with Gasteiger partial charge in [0.15, 0.2) is 0 Å². The summed E-state index contributed by atoms with van der Waals surface area (Å²) in [4.78, 5) is 15.1. The van der Waals surface area contributed by atoms with Gasteiger partial charge >= 0.3 is 18.6 Å². The Morgan fingerprint density at radius 1 is 0.622 bits per heavy atom. The van der Waals surface area contributed by atoms with E-state index in [0.717, 1.165) is 65.4 Å². The van der Waals surface area contributed by atoms with Gasteiger partial charge in [-0.2, -0.15) is 0 Å². The van der Waals surface area contributed by atoms with E-state index in [1.807, 2.05) is 0 Å². The standard InChI is InChI=1S/C30H37N3.3ClH.V/c1-8-23-14-12-15-24(9-2)29(23)31-21(6)27-18-20(5)19-28(33-27)22(7)32-30-25(10-3)16-13-17-26(30)11-4;;;;/h12-19H,8-11H2,1-7H3;3*1H;/q;;;;+3/p-3. The van der Waals surface area contributed by atoms with Gasteiger partial charge in [0.05, 0.1) is 34.2 Å². The van der Waals surface area contributed by atoms with E-state index in [1.165, 1.54) is 22.3 Å². The van der Waals surface area contributed by atoms with Crippen LogP contribution < -0.4 is 37.2 Å². The molecule has 3 rings (SSSR count). The summed E-state index contributed by atoms with van der Waals surface area (Å²) in [5, 5.41) is 0. The quantitative estimate of drug-likeness (QED) is 0.306. The molecule has 0 fully saturated rings. The van der Waals surface area contributed by atoms with Gasteiger partial charge in [-0.15, -0.1) is 0 Å². The molecular formula is C30H37Cl3N3V. The number of rotatable bonds is 8. The molecule has 7 heteroatoms. The molecule has 1 heterocycles. The third-order valence-corrected chi connectivity index (χ3v) is 6.20. The van der Waals surface area contributed by atoms with Gasteiger partial charge in [0, 0.05) is 0 Å². The molecule has 1 aromatic heterocycles. The van der Waals surface area contributed by atoms with Gasteiger partial charge in [0.1, 0.15) is 0 Å². The van der Waals surface area contributed by atoms with Crippen LogP contribution in [0.25, 0.3) is 0 Å². The average Bonchev–Trinajstić information content (AvgIpc) is 2.83. The molecule has 0 radical (unpaired) electrons. The number of para-hydroxylation sites is 2. The smallest absolute Gasteiger partial charge is 1.00 e. The summed E-state index contributed by atoms with van der Waals surface area (Å²) in [7, 11) is 0. The topological polar surface area (TPSA) is 37.6 Å². The first-order chi connectivity index (χ1) is 15.9. The summed E-state index contributed by atoms with van der Waals surface area (Å²) in [5.41, 5.74) is 12.2.